The summed E-state index contributed by atoms with van der Waals surface area (Å²) in [6, 6.07) is 4.72. The zero-order chi connectivity index (χ0) is 11.6. The number of ether oxygens (including phenoxy) is 1. The van der Waals surface area contributed by atoms with Crippen molar-refractivity contribution in [3.63, 3.8) is 0 Å². The van der Waals surface area contributed by atoms with Gasteiger partial charge in [0.2, 0.25) is 0 Å². The maximum absolute atomic E-state index is 5.69. The molecule has 4 heteroatoms. The summed E-state index contributed by atoms with van der Waals surface area (Å²) in [4.78, 5) is 1.39. The van der Waals surface area contributed by atoms with Crippen molar-refractivity contribution in [2.75, 3.05) is 14.2 Å². The molecule has 0 bridgehead atoms. The summed E-state index contributed by atoms with van der Waals surface area (Å²) in [6.07, 6.45) is 4.79. The van der Waals surface area contributed by atoms with Gasteiger partial charge in [-0.25, -0.2) is 0 Å². The van der Waals surface area contributed by atoms with E-state index < -0.39 is 0 Å². The van der Waals surface area contributed by atoms with Gasteiger partial charge in [-0.05, 0) is 60.8 Å². The minimum atomic E-state index is 0.129. The minimum absolute atomic E-state index is 0.129. The fourth-order valence-corrected chi connectivity index (χ4v) is 3.83. The number of hydrogen-bond acceptors (Lipinski definition) is 3. The number of methoxy groups -OCH3 is 1. The predicted molar refractivity (Wildman–Crippen MR) is 72.0 cm³/mol. The van der Waals surface area contributed by atoms with Crippen LogP contribution in [0.2, 0.25) is 0 Å². The molecule has 0 amide bonds. The Labute approximate surface area is 110 Å². The lowest BCUT2D eigenvalue weighted by molar-refractivity contribution is -0.0832. The van der Waals surface area contributed by atoms with Gasteiger partial charge in [0.25, 0.3) is 0 Å². The summed E-state index contributed by atoms with van der Waals surface area (Å²) in [5.41, 5.74) is 0.129. The molecule has 0 aromatic carbocycles. The quantitative estimate of drug-likeness (QED) is 0.895. The summed E-state index contributed by atoms with van der Waals surface area (Å²) < 4.78 is 6.88. The van der Waals surface area contributed by atoms with Crippen molar-refractivity contribution >= 4 is 27.3 Å². The van der Waals surface area contributed by atoms with E-state index in [0.717, 1.165) is 6.42 Å². The third-order valence-corrected chi connectivity index (χ3v) is 5.30. The zero-order valence-electron chi connectivity index (χ0n) is 9.75. The standard InChI is InChI=1S/C12H18BrNOS/c1-14-9(10-4-5-11(13)16-10)8-12(15-2)6-3-7-12/h4-5,9,14H,3,6-8H2,1-2H3. The van der Waals surface area contributed by atoms with Crippen LogP contribution in [0.4, 0.5) is 0 Å². The van der Waals surface area contributed by atoms with Crippen molar-refractivity contribution in [2.45, 2.75) is 37.3 Å². The van der Waals surface area contributed by atoms with E-state index >= 15 is 0 Å². The third-order valence-electron chi connectivity index (χ3n) is 3.56. The number of hydrogen-bond donors (Lipinski definition) is 1. The van der Waals surface area contributed by atoms with E-state index in [0.29, 0.717) is 6.04 Å². The van der Waals surface area contributed by atoms with Gasteiger partial charge in [0.05, 0.1) is 9.39 Å². The van der Waals surface area contributed by atoms with E-state index in [4.69, 9.17) is 4.74 Å². The van der Waals surface area contributed by atoms with E-state index in [2.05, 4.69) is 33.4 Å². The lowest BCUT2D eigenvalue weighted by atomic mass is 9.75. The van der Waals surface area contributed by atoms with Gasteiger partial charge in [-0.15, -0.1) is 11.3 Å². The predicted octanol–water partition coefficient (Wildman–Crippen LogP) is 3.73. The highest BCUT2D eigenvalue weighted by Crippen LogP contribution is 2.43. The lowest BCUT2D eigenvalue weighted by Crippen LogP contribution is -2.42. The molecule has 16 heavy (non-hydrogen) atoms. The highest BCUT2D eigenvalue weighted by atomic mass is 79.9. The lowest BCUT2D eigenvalue weighted by Gasteiger charge is -2.42. The smallest absolute Gasteiger partial charge is 0.0701 e. The maximum atomic E-state index is 5.69. The Bertz CT molecular complexity index is 343. The van der Waals surface area contributed by atoms with Gasteiger partial charge in [0.1, 0.15) is 0 Å². The molecular weight excluding hydrogens is 286 g/mol. The van der Waals surface area contributed by atoms with Crippen LogP contribution in [0, 0.1) is 0 Å². The molecule has 90 valence electrons. The third kappa shape index (κ3) is 2.50. The van der Waals surface area contributed by atoms with Crippen molar-refractivity contribution in [2.24, 2.45) is 0 Å². The number of halogens is 1. The number of nitrogens with one attached hydrogen (secondary N) is 1. The summed E-state index contributed by atoms with van der Waals surface area (Å²) in [7, 11) is 3.87. The monoisotopic (exact) mass is 303 g/mol. The van der Waals surface area contributed by atoms with Crippen molar-refractivity contribution < 1.29 is 4.74 Å². The van der Waals surface area contributed by atoms with Crippen LogP contribution in [0.5, 0.6) is 0 Å². The van der Waals surface area contributed by atoms with E-state index in [1.807, 2.05) is 14.2 Å². The fraction of sp³-hybridized carbons (Fsp3) is 0.667. The first-order chi connectivity index (χ1) is 7.69. The molecule has 1 atom stereocenters. The Balaban J connectivity index is 2.05. The molecule has 2 nitrogen and oxygen atoms in total. The molecule has 1 aliphatic rings. The molecule has 0 radical (unpaired) electrons. The summed E-state index contributed by atoms with van der Waals surface area (Å²) in [5.74, 6) is 0. The Morgan fingerprint density at radius 3 is 2.69 bits per heavy atom. The van der Waals surface area contributed by atoms with Gasteiger partial charge < -0.3 is 10.1 Å². The van der Waals surface area contributed by atoms with Crippen molar-refractivity contribution in [3.05, 3.63) is 20.8 Å². The minimum Gasteiger partial charge on any atom is -0.378 e. The van der Waals surface area contributed by atoms with Crippen LogP contribution in [0.3, 0.4) is 0 Å². The van der Waals surface area contributed by atoms with Crippen LogP contribution in [0.25, 0.3) is 0 Å². The SMILES string of the molecule is CNC(CC1(OC)CCC1)c1ccc(Br)s1. The van der Waals surface area contributed by atoms with Crippen LogP contribution in [0.15, 0.2) is 15.9 Å². The second kappa shape index (κ2) is 5.17. The topological polar surface area (TPSA) is 21.3 Å². The van der Waals surface area contributed by atoms with E-state index in [1.54, 1.807) is 11.3 Å². The Morgan fingerprint density at radius 2 is 2.31 bits per heavy atom. The van der Waals surface area contributed by atoms with Crippen molar-refractivity contribution in [1.82, 2.24) is 5.32 Å². The van der Waals surface area contributed by atoms with Gasteiger partial charge in [-0.1, -0.05) is 0 Å². The molecule has 0 spiro atoms. The van der Waals surface area contributed by atoms with Crippen LogP contribution < -0.4 is 5.32 Å². The highest BCUT2D eigenvalue weighted by Gasteiger charge is 2.39. The maximum Gasteiger partial charge on any atom is 0.0701 e. The van der Waals surface area contributed by atoms with Crippen LogP contribution in [-0.4, -0.2) is 19.8 Å². The molecule has 1 aromatic rings. The van der Waals surface area contributed by atoms with Crippen LogP contribution in [-0.2, 0) is 4.74 Å². The Hall–Kier alpha value is 0.1000. The first-order valence-electron chi connectivity index (χ1n) is 5.67. The second-order valence-electron chi connectivity index (χ2n) is 4.43. The molecule has 1 aromatic heterocycles. The zero-order valence-corrected chi connectivity index (χ0v) is 12.2. The first-order valence-corrected chi connectivity index (χ1v) is 7.28. The van der Waals surface area contributed by atoms with Gasteiger partial charge in [-0.2, -0.15) is 0 Å². The van der Waals surface area contributed by atoms with Crippen molar-refractivity contribution in [1.29, 1.82) is 0 Å². The average Bonchev–Trinajstić information content (AvgIpc) is 2.65. The number of rotatable bonds is 5. The molecular formula is C12H18BrNOS. The van der Waals surface area contributed by atoms with Crippen LogP contribution >= 0.6 is 27.3 Å². The van der Waals surface area contributed by atoms with Gasteiger partial charge >= 0.3 is 0 Å². The van der Waals surface area contributed by atoms with Crippen LogP contribution in [0.1, 0.15) is 36.6 Å². The van der Waals surface area contributed by atoms with E-state index in [-0.39, 0.29) is 5.60 Å². The molecule has 1 fully saturated rings. The van der Waals surface area contributed by atoms with Crippen molar-refractivity contribution in [3.8, 4) is 0 Å². The number of thiophene rings is 1. The summed E-state index contributed by atoms with van der Waals surface area (Å²) in [5, 5.41) is 3.40. The molecule has 1 heterocycles. The summed E-state index contributed by atoms with van der Waals surface area (Å²) in [6.45, 7) is 0. The molecule has 1 unspecified atom stereocenters. The van der Waals surface area contributed by atoms with E-state index in [1.165, 1.54) is 27.9 Å². The molecule has 0 saturated heterocycles. The Morgan fingerprint density at radius 1 is 1.56 bits per heavy atom. The highest BCUT2D eigenvalue weighted by molar-refractivity contribution is 9.11. The van der Waals surface area contributed by atoms with Gasteiger partial charge in [0, 0.05) is 18.0 Å². The average molecular weight is 304 g/mol. The molecule has 0 aliphatic heterocycles. The molecule has 2 rings (SSSR count). The second-order valence-corrected chi connectivity index (χ2v) is 6.92. The normalized spacial score (nSPS) is 20.4. The van der Waals surface area contributed by atoms with Gasteiger partial charge in [-0.3, -0.25) is 0 Å². The fourth-order valence-electron chi connectivity index (χ4n) is 2.30. The molecule has 1 aliphatic carbocycles. The van der Waals surface area contributed by atoms with Gasteiger partial charge in [0.15, 0.2) is 0 Å². The largest absolute Gasteiger partial charge is 0.378 e. The molecule has 1 N–H and O–H groups in total. The summed E-state index contributed by atoms with van der Waals surface area (Å²) >= 11 is 5.32. The van der Waals surface area contributed by atoms with E-state index in [9.17, 15) is 0 Å². The molecule has 1 saturated carbocycles. The Kier molecular flexibility index (Phi) is 4.06. The first kappa shape index (κ1) is 12.6.